The van der Waals surface area contributed by atoms with Crippen LogP contribution in [0.2, 0.25) is 0 Å². The van der Waals surface area contributed by atoms with Crippen LogP contribution in [-0.4, -0.2) is 25.7 Å². The van der Waals surface area contributed by atoms with Gasteiger partial charge in [-0.2, -0.15) is 5.10 Å². The Bertz CT molecular complexity index is 1480. The number of H-pyrrole nitrogens is 2. The van der Waals surface area contributed by atoms with Crippen LogP contribution in [0.1, 0.15) is 21.5 Å². The van der Waals surface area contributed by atoms with Crippen molar-refractivity contribution < 1.29 is 4.79 Å². The molecule has 0 aliphatic carbocycles. The van der Waals surface area contributed by atoms with Gasteiger partial charge >= 0.3 is 0 Å². The number of para-hydroxylation sites is 1. The first-order valence-electron chi connectivity index (χ1n) is 10.5. The number of nitrogens with one attached hydrogen (secondary N) is 3. The first-order valence-corrected chi connectivity index (χ1v) is 10.5. The molecular formula is C25H22N6O2. The van der Waals surface area contributed by atoms with Crippen molar-refractivity contribution in [2.24, 2.45) is 5.73 Å². The molecule has 0 atom stereocenters. The fourth-order valence-corrected chi connectivity index (χ4v) is 3.79. The van der Waals surface area contributed by atoms with Gasteiger partial charge in [-0.3, -0.25) is 14.3 Å². The molecule has 3 aromatic heterocycles. The molecule has 0 bridgehead atoms. The van der Waals surface area contributed by atoms with E-state index < -0.39 is 0 Å². The van der Waals surface area contributed by atoms with Crippen molar-refractivity contribution in [1.29, 1.82) is 0 Å². The van der Waals surface area contributed by atoms with Gasteiger partial charge in [0, 0.05) is 29.8 Å². The minimum absolute atomic E-state index is 0.273. The van der Waals surface area contributed by atoms with Gasteiger partial charge in [-0.1, -0.05) is 42.5 Å². The maximum absolute atomic E-state index is 12.8. The zero-order valence-electron chi connectivity index (χ0n) is 17.7. The van der Waals surface area contributed by atoms with Gasteiger partial charge in [0.1, 0.15) is 0 Å². The maximum atomic E-state index is 12.8. The number of benzene rings is 2. The van der Waals surface area contributed by atoms with E-state index in [4.69, 9.17) is 5.73 Å². The molecule has 0 saturated carbocycles. The molecule has 8 heteroatoms. The van der Waals surface area contributed by atoms with Crippen LogP contribution in [-0.2, 0) is 13.1 Å². The number of anilines is 1. The third-order valence-electron chi connectivity index (χ3n) is 5.45. The Morgan fingerprint density at radius 3 is 2.76 bits per heavy atom. The van der Waals surface area contributed by atoms with Crippen LogP contribution in [0.4, 0.5) is 5.69 Å². The van der Waals surface area contributed by atoms with Crippen LogP contribution in [0.15, 0.2) is 84.0 Å². The number of rotatable bonds is 6. The Balaban J connectivity index is 1.34. The molecular weight excluding hydrogens is 416 g/mol. The summed E-state index contributed by atoms with van der Waals surface area (Å²) < 4.78 is 1.74. The van der Waals surface area contributed by atoms with Crippen LogP contribution in [0.5, 0.6) is 0 Å². The lowest BCUT2D eigenvalue weighted by Crippen LogP contribution is -2.16. The summed E-state index contributed by atoms with van der Waals surface area (Å²) in [5, 5.41) is 8.15. The monoisotopic (exact) mass is 438 g/mol. The second kappa shape index (κ2) is 8.60. The number of hydrogen-bond donors (Lipinski definition) is 4. The Kier molecular flexibility index (Phi) is 5.34. The van der Waals surface area contributed by atoms with Crippen molar-refractivity contribution in [3.8, 4) is 11.3 Å². The third-order valence-corrected chi connectivity index (χ3v) is 5.45. The summed E-state index contributed by atoms with van der Waals surface area (Å²) >= 11 is 0. The lowest BCUT2D eigenvalue weighted by Gasteiger charge is -2.05. The molecule has 5 aromatic rings. The molecule has 8 nitrogen and oxygen atoms in total. The molecule has 0 aliphatic rings. The van der Waals surface area contributed by atoms with Crippen LogP contribution in [0.3, 0.4) is 0 Å². The van der Waals surface area contributed by atoms with Gasteiger partial charge < -0.3 is 21.0 Å². The summed E-state index contributed by atoms with van der Waals surface area (Å²) in [7, 11) is 0. The minimum Gasteiger partial charge on any atom is -0.354 e. The average Bonchev–Trinajstić information content (AvgIpc) is 3.46. The number of amides is 1. The van der Waals surface area contributed by atoms with E-state index in [0.29, 0.717) is 35.6 Å². The number of aromatic amines is 2. The van der Waals surface area contributed by atoms with Crippen LogP contribution in [0, 0.1) is 0 Å². The second-order valence-corrected chi connectivity index (χ2v) is 7.81. The molecule has 0 saturated heterocycles. The first kappa shape index (κ1) is 20.5. The van der Waals surface area contributed by atoms with Crippen molar-refractivity contribution in [2.75, 3.05) is 5.32 Å². The number of aromatic nitrogens is 4. The summed E-state index contributed by atoms with van der Waals surface area (Å²) in [5.41, 5.74) is 10.4. The fraction of sp³-hybridized carbons (Fsp3) is 0.0800. The standard InChI is InChI=1S/C25H22N6O2/c26-11-16-4-3-5-17(8-16)14-31-15-20(13-28-31)29-24(32)19-9-21(25(33)27-12-19)23-10-18-6-1-2-7-22(18)30-23/h1-10,12-13,15,30H,11,14,26H2,(H,27,33)(H,29,32). The number of pyridine rings is 1. The zero-order valence-corrected chi connectivity index (χ0v) is 17.7. The molecule has 0 spiro atoms. The van der Waals surface area contributed by atoms with Crippen LogP contribution >= 0.6 is 0 Å². The van der Waals surface area contributed by atoms with Gasteiger partial charge in [0.2, 0.25) is 0 Å². The van der Waals surface area contributed by atoms with Gasteiger partial charge in [0.15, 0.2) is 0 Å². The molecule has 0 aliphatic heterocycles. The van der Waals surface area contributed by atoms with Gasteiger partial charge in [-0.15, -0.1) is 0 Å². The van der Waals surface area contributed by atoms with Crippen molar-refractivity contribution in [3.05, 3.63) is 106 Å². The molecule has 164 valence electrons. The van der Waals surface area contributed by atoms with Gasteiger partial charge in [0.25, 0.3) is 11.5 Å². The van der Waals surface area contributed by atoms with Crippen molar-refractivity contribution in [3.63, 3.8) is 0 Å². The van der Waals surface area contributed by atoms with E-state index >= 15 is 0 Å². The minimum atomic E-state index is -0.340. The average molecular weight is 438 g/mol. The Labute approximate surface area is 189 Å². The zero-order chi connectivity index (χ0) is 22.8. The molecule has 5 N–H and O–H groups in total. The number of carbonyl (C=O) groups excluding carboxylic acids is 1. The fourth-order valence-electron chi connectivity index (χ4n) is 3.79. The molecule has 5 rings (SSSR count). The quantitative estimate of drug-likeness (QED) is 0.324. The largest absolute Gasteiger partial charge is 0.354 e. The molecule has 2 aromatic carbocycles. The summed E-state index contributed by atoms with van der Waals surface area (Å²) in [4.78, 5) is 31.2. The molecule has 0 unspecified atom stereocenters. The Morgan fingerprint density at radius 2 is 1.91 bits per heavy atom. The molecule has 0 fully saturated rings. The first-order chi connectivity index (χ1) is 16.1. The van der Waals surface area contributed by atoms with E-state index in [1.807, 2.05) is 54.6 Å². The van der Waals surface area contributed by atoms with E-state index in [0.717, 1.165) is 22.0 Å². The SMILES string of the molecule is NCc1cccc(Cn2cc(NC(=O)c3c[nH]c(=O)c(-c4cc5ccccc5[nH]4)c3)cn2)c1. The highest BCUT2D eigenvalue weighted by Crippen LogP contribution is 2.22. The predicted octanol–water partition coefficient (Wildman–Crippen LogP) is 3.48. The lowest BCUT2D eigenvalue weighted by atomic mass is 10.1. The summed E-state index contributed by atoms with van der Waals surface area (Å²) in [5.74, 6) is -0.340. The third kappa shape index (κ3) is 4.32. The Morgan fingerprint density at radius 1 is 1.06 bits per heavy atom. The second-order valence-electron chi connectivity index (χ2n) is 7.81. The van der Waals surface area contributed by atoms with Gasteiger partial charge in [-0.05, 0) is 29.3 Å². The van der Waals surface area contributed by atoms with E-state index in [1.54, 1.807) is 23.1 Å². The molecule has 0 radical (unpaired) electrons. The van der Waals surface area contributed by atoms with Gasteiger partial charge in [0.05, 0.1) is 35.2 Å². The summed E-state index contributed by atoms with van der Waals surface area (Å²) in [6.45, 7) is 1.04. The van der Waals surface area contributed by atoms with Crippen molar-refractivity contribution in [1.82, 2.24) is 19.7 Å². The van der Waals surface area contributed by atoms with Crippen LogP contribution in [0.25, 0.3) is 22.2 Å². The van der Waals surface area contributed by atoms with Gasteiger partial charge in [-0.25, -0.2) is 0 Å². The highest BCUT2D eigenvalue weighted by Gasteiger charge is 2.13. The highest BCUT2D eigenvalue weighted by molar-refractivity contribution is 6.04. The topological polar surface area (TPSA) is 122 Å². The molecule has 33 heavy (non-hydrogen) atoms. The van der Waals surface area contributed by atoms with Crippen molar-refractivity contribution in [2.45, 2.75) is 13.1 Å². The smallest absolute Gasteiger partial charge is 0.257 e. The van der Waals surface area contributed by atoms with Crippen LogP contribution < -0.4 is 16.6 Å². The number of nitrogens with zero attached hydrogens (tertiary/aromatic N) is 2. The number of hydrogen-bond acceptors (Lipinski definition) is 4. The molecule has 1 amide bonds. The van der Waals surface area contributed by atoms with E-state index in [1.165, 1.54) is 6.20 Å². The number of nitrogens with two attached hydrogens (primary N) is 1. The van der Waals surface area contributed by atoms with E-state index in [9.17, 15) is 9.59 Å². The maximum Gasteiger partial charge on any atom is 0.257 e. The summed E-state index contributed by atoms with van der Waals surface area (Å²) in [6, 6.07) is 19.2. The Hall–Kier alpha value is -4.43. The lowest BCUT2D eigenvalue weighted by molar-refractivity contribution is 0.102. The van der Waals surface area contributed by atoms with E-state index in [-0.39, 0.29) is 11.5 Å². The number of carbonyl (C=O) groups is 1. The van der Waals surface area contributed by atoms with Crippen molar-refractivity contribution >= 4 is 22.5 Å². The normalized spacial score (nSPS) is 11.1. The number of fused-ring (bicyclic) bond motifs is 1. The molecule has 3 heterocycles. The summed E-state index contributed by atoms with van der Waals surface area (Å²) in [6.07, 6.45) is 4.76. The predicted molar refractivity (Wildman–Crippen MR) is 128 cm³/mol. The highest BCUT2D eigenvalue weighted by atomic mass is 16.2. The van der Waals surface area contributed by atoms with E-state index in [2.05, 4.69) is 20.4 Å².